The molecule has 1 aliphatic heterocycles. The number of methoxy groups -OCH3 is 1. The summed E-state index contributed by atoms with van der Waals surface area (Å²) in [4.78, 5) is 13.9. The number of morpholine rings is 1. The Kier molecular flexibility index (Phi) is 5.63. The van der Waals surface area contributed by atoms with E-state index in [-0.39, 0.29) is 17.2 Å². The minimum Gasteiger partial charge on any atom is -0.504 e. The van der Waals surface area contributed by atoms with Crippen molar-refractivity contribution in [2.45, 2.75) is 0 Å². The van der Waals surface area contributed by atoms with Gasteiger partial charge in [-0.3, -0.25) is 4.79 Å². The van der Waals surface area contributed by atoms with Crippen molar-refractivity contribution in [2.75, 3.05) is 33.4 Å². The standard InChI is InChI=1S/C15H15IN2O4/c1-21-13-8-10(7-12(16)14(13)19)6-11(9-17)15(20)18-2-4-22-5-3-18/h6-8,19H,2-5H2,1H3/b11-6+. The second kappa shape index (κ2) is 7.47. The van der Waals surface area contributed by atoms with Gasteiger partial charge in [0, 0.05) is 13.1 Å². The van der Waals surface area contributed by atoms with Crippen LogP contribution in [-0.2, 0) is 9.53 Å². The number of nitriles is 1. The number of ether oxygens (including phenoxy) is 2. The Morgan fingerprint density at radius 3 is 2.77 bits per heavy atom. The minimum atomic E-state index is -0.312. The first-order chi connectivity index (χ1) is 10.6. The van der Waals surface area contributed by atoms with Crippen LogP contribution >= 0.6 is 22.6 Å². The van der Waals surface area contributed by atoms with Crippen molar-refractivity contribution in [3.63, 3.8) is 0 Å². The number of rotatable bonds is 3. The summed E-state index contributed by atoms with van der Waals surface area (Å²) in [7, 11) is 1.45. The molecule has 1 saturated heterocycles. The van der Waals surface area contributed by atoms with Crippen LogP contribution in [0, 0.1) is 14.9 Å². The van der Waals surface area contributed by atoms with Gasteiger partial charge in [-0.1, -0.05) is 0 Å². The largest absolute Gasteiger partial charge is 0.504 e. The molecule has 6 nitrogen and oxygen atoms in total. The number of phenolic OH excluding ortho intramolecular Hbond substituents is 1. The van der Waals surface area contributed by atoms with E-state index in [9.17, 15) is 15.2 Å². The molecule has 0 aromatic heterocycles. The zero-order valence-corrected chi connectivity index (χ0v) is 14.2. The molecule has 7 heteroatoms. The van der Waals surface area contributed by atoms with Gasteiger partial charge in [0.2, 0.25) is 0 Å². The fraction of sp³-hybridized carbons (Fsp3) is 0.333. The predicted molar refractivity (Wildman–Crippen MR) is 88.4 cm³/mol. The number of benzene rings is 1. The van der Waals surface area contributed by atoms with E-state index in [2.05, 4.69) is 0 Å². The summed E-state index contributed by atoms with van der Waals surface area (Å²) < 4.78 is 10.9. The van der Waals surface area contributed by atoms with E-state index in [4.69, 9.17) is 9.47 Å². The molecule has 0 atom stereocenters. The van der Waals surface area contributed by atoms with Crippen LogP contribution in [0.2, 0.25) is 0 Å². The van der Waals surface area contributed by atoms with Gasteiger partial charge < -0.3 is 19.5 Å². The van der Waals surface area contributed by atoms with Gasteiger partial charge in [0.15, 0.2) is 11.5 Å². The van der Waals surface area contributed by atoms with Crippen LogP contribution in [0.5, 0.6) is 11.5 Å². The van der Waals surface area contributed by atoms with E-state index in [1.54, 1.807) is 17.0 Å². The van der Waals surface area contributed by atoms with Gasteiger partial charge in [0.05, 0.1) is 23.9 Å². The van der Waals surface area contributed by atoms with E-state index in [0.717, 1.165) is 0 Å². The van der Waals surface area contributed by atoms with Gasteiger partial charge in [-0.25, -0.2) is 0 Å². The normalized spacial score (nSPS) is 15.3. The fourth-order valence-corrected chi connectivity index (χ4v) is 2.70. The van der Waals surface area contributed by atoms with Gasteiger partial charge in [-0.05, 0) is 46.4 Å². The number of amides is 1. The van der Waals surface area contributed by atoms with Crippen LogP contribution in [-0.4, -0.2) is 49.3 Å². The predicted octanol–water partition coefficient (Wildman–Crippen LogP) is 1.77. The van der Waals surface area contributed by atoms with Crippen molar-refractivity contribution >= 4 is 34.6 Å². The number of carbonyl (C=O) groups is 1. The van der Waals surface area contributed by atoms with Crippen molar-refractivity contribution in [1.82, 2.24) is 4.90 Å². The van der Waals surface area contributed by atoms with Crippen LogP contribution in [0.4, 0.5) is 0 Å². The Labute approximate surface area is 142 Å². The van der Waals surface area contributed by atoms with Crippen molar-refractivity contribution < 1.29 is 19.4 Å². The highest BCUT2D eigenvalue weighted by Crippen LogP contribution is 2.33. The van der Waals surface area contributed by atoms with Gasteiger partial charge in [-0.2, -0.15) is 5.26 Å². The van der Waals surface area contributed by atoms with Gasteiger partial charge >= 0.3 is 0 Å². The Morgan fingerprint density at radius 2 is 2.18 bits per heavy atom. The summed E-state index contributed by atoms with van der Waals surface area (Å²) >= 11 is 1.96. The molecule has 1 heterocycles. The highest BCUT2D eigenvalue weighted by Gasteiger charge is 2.20. The van der Waals surface area contributed by atoms with Crippen molar-refractivity contribution in [3.8, 4) is 17.6 Å². The second-order valence-electron chi connectivity index (χ2n) is 4.63. The first kappa shape index (κ1) is 16.6. The van der Waals surface area contributed by atoms with Crippen LogP contribution in [0.25, 0.3) is 6.08 Å². The molecular formula is C15H15IN2O4. The first-order valence-electron chi connectivity index (χ1n) is 6.62. The molecule has 1 aromatic rings. The van der Waals surface area contributed by atoms with Crippen LogP contribution in [0.3, 0.4) is 0 Å². The lowest BCUT2D eigenvalue weighted by molar-refractivity contribution is -0.130. The molecule has 0 spiro atoms. The van der Waals surface area contributed by atoms with Crippen molar-refractivity contribution in [1.29, 1.82) is 5.26 Å². The van der Waals surface area contributed by atoms with Gasteiger partial charge in [-0.15, -0.1) is 0 Å². The summed E-state index contributed by atoms with van der Waals surface area (Å²) in [6.45, 7) is 1.92. The number of hydrogen-bond donors (Lipinski definition) is 1. The highest BCUT2D eigenvalue weighted by molar-refractivity contribution is 14.1. The second-order valence-corrected chi connectivity index (χ2v) is 5.79. The smallest absolute Gasteiger partial charge is 0.264 e. The molecule has 0 saturated carbocycles. The van der Waals surface area contributed by atoms with E-state index in [0.29, 0.717) is 41.2 Å². The first-order valence-corrected chi connectivity index (χ1v) is 7.70. The number of carbonyl (C=O) groups excluding carboxylic acids is 1. The molecule has 0 radical (unpaired) electrons. The maximum Gasteiger partial charge on any atom is 0.264 e. The van der Waals surface area contributed by atoms with Crippen LogP contribution < -0.4 is 4.74 Å². The third-order valence-corrected chi connectivity index (χ3v) is 4.05. The minimum absolute atomic E-state index is 0.0401. The maximum absolute atomic E-state index is 12.3. The monoisotopic (exact) mass is 414 g/mol. The lowest BCUT2D eigenvalue weighted by atomic mass is 10.1. The van der Waals surface area contributed by atoms with E-state index < -0.39 is 0 Å². The Bertz CT molecular complexity index is 646. The van der Waals surface area contributed by atoms with Gasteiger partial charge in [0.1, 0.15) is 11.6 Å². The third-order valence-electron chi connectivity index (χ3n) is 3.23. The average molecular weight is 414 g/mol. The molecule has 1 aromatic carbocycles. The van der Waals surface area contributed by atoms with Gasteiger partial charge in [0.25, 0.3) is 5.91 Å². The zero-order chi connectivity index (χ0) is 16.1. The summed E-state index contributed by atoms with van der Waals surface area (Å²) in [6.07, 6.45) is 1.50. The highest BCUT2D eigenvalue weighted by atomic mass is 127. The number of nitrogens with zero attached hydrogens (tertiary/aromatic N) is 2. The average Bonchev–Trinajstić information content (AvgIpc) is 2.55. The lowest BCUT2D eigenvalue weighted by Crippen LogP contribution is -2.41. The SMILES string of the molecule is COc1cc(/C=C(\C#N)C(=O)N2CCOCC2)cc(I)c1O. The molecule has 0 bridgehead atoms. The quantitative estimate of drug-likeness (QED) is 0.463. The molecule has 0 unspecified atom stereocenters. The number of halogens is 1. The molecule has 1 amide bonds. The van der Waals surface area contributed by atoms with Crippen molar-refractivity contribution in [2.24, 2.45) is 0 Å². The van der Waals surface area contributed by atoms with Crippen LogP contribution in [0.1, 0.15) is 5.56 Å². The molecular weight excluding hydrogens is 399 g/mol. The van der Waals surface area contributed by atoms with Crippen LogP contribution in [0.15, 0.2) is 17.7 Å². The number of phenols is 1. The molecule has 22 heavy (non-hydrogen) atoms. The number of hydrogen-bond acceptors (Lipinski definition) is 5. The molecule has 0 aliphatic carbocycles. The van der Waals surface area contributed by atoms with E-state index >= 15 is 0 Å². The fourth-order valence-electron chi connectivity index (χ4n) is 2.08. The maximum atomic E-state index is 12.3. The van der Waals surface area contributed by atoms with E-state index in [1.165, 1.54) is 13.2 Å². The molecule has 116 valence electrons. The third kappa shape index (κ3) is 3.69. The van der Waals surface area contributed by atoms with E-state index in [1.807, 2.05) is 28.7 Å². The topological polar surface area (TPSA) is 82.8 Å². The summed E-state index contributed by atoms with van der Waals surface area (Å²) in [5, 5.41) is 19.1. The summed E-state index contributed by atoms with van der Waals surface area (Å²) in [6, 6.07) is 5.21. The Morgan fingerprint density at radius 1 is 1.50 bits per heavy atom. The van der Waals surface area contributed by atoms with Crippen molar-refractivity contribution in [3.05, 3.63) is 26.8 Å². The Balaban J connectivity index is 2.30. The summed E-state index contributed by atoms with van der Waals surface area (Å²) in [5.74, 6) is 0.0281. The number of aromatic hydroxyl groups is 1. The summed E-state index contributed by atoms with van der Waals surface area (Å²) in [5.41, 5.74) is 0.669. The lowest BCUT2D eigenvalue weighted by Gasteiger charge is -2.26. The molecule has 2 rings (SSSR count). The Hall–Kier alpha value is -1.79. The molecule has 1 N–H and O–H groups in total. The zero-order valence-electron chi connectivity index (χ0n) is 12.0. The molecule has 1 fully saturated rings. The molecule has 1 aliphatic rings.